The van der Waals surface area contributed by atoms with Gasteiger partial charge in [-0.25, -0.2) is 0 Å². The van der Waals surface area contributed by atoms with E-state index in [1.807, 2.05) is 0 Å². The van der Waals surface area contributed by atoms with Crippen LogP contribution in [0, 0.1) is 0 Å². The number of esters is 1. The highest BCUT2D eigenvalue weighted by atomic mass is 16.6. The number of guanidine groups is 1. The van der Waals surface area contributed by atoms with Crippen molar-refractivity contribution in [3.8, 4) is 0 Å². The predicted molar refractivity (Wildman–Crippen MR) is 155 cm³/mol. The maximum Gasteiger partial charge on any atom is 0.338 e. The molecule has 0 unspecified atom stereocenters. The van der Waals surface area contributed by atoms with Crippen molar-refractivity contribution in [1.29, 1.82) is 0 Å². The monoisotopic (exact) mass is 680 g/mol. The quantitative estimate of drug-likeness (QED) is 0.0330. The molecular weight excluding hydrogens is 632 g/mol. The van der Waals surface area contributed by atoms with Crippen molar-refractivity contribution in [3.05, 3.63) is 0 Å². The first kappa shape index (κ1) is 39.5. The largest absolute Gasteiger partial charge is 0.457 e. The van der Waals surface area contributed by atoms with E-state index in [2.05, 4.69) is 32.0 Å². The number of aliphatic hydroxyl groups excluding tert-OH is 5. The van der Waals surface area contributed by atoms with Crippen LogP contribution >= 0.6 is 0 Å². The van der Waals surface area contributed by atoms with Gasteiger partial charge in [0.1, 0.15) is 42.6 Å². The van der Waals surface area contributed by atoms with E-state index in [4.69, 9.17) is 25.7 Å². The number of carbonyl (C=O) groups excluding carboxylic acids is 5. The molecular formula is C26H48N8O13+2. The number of nitrogens with two attached hydrogens (primary N) is 2. The minimum absolute atomic E-state index is 0.0245. The molecule has 0 aromatic carbocycles. The van der Waals surface area contributed by atoms with Gasteiger partial charge in [-0.15, -0.1) is 0 Å². The second-order valence-corrected chi connectivity index (χ2v) is 11.2. The summed E-state index contributed by atoms with van der Waals surface area (Å²) >= 11 is 0. The molecule has 17 N–H and O–H groups in total. The molecule has 0 bridgehead atoms. The first-order valence-corrected chi connectivity index (χ1v) is 14.9. The summed E-state index contributed by atoms with van der Waals surface area (Å²) in [6, 6.07) is -3.39. The topological polar surface area (TPSA) is 356 Å². The fourth-order valence-corrected chi connectivity index (χ4v) is 5.03. The van der Waals surface area contributed by atoms with Gasteiger partial charge in [-0.2, -0.15) is 0 Å². The normalized spacial score (nSPS) is 31.1. The number of amides is 4. The molecule has 0 saturated carbocycles. The molecule has 268 valence electrons. The third-order valence-corrected chi connectivity index (χ3v) is 7.41. The van der Waals surface area contributed by atoms with E-state index in [0.29, 0.717) is 19.4 Å². The van der Waals surface area contributed by atoms with Crippen LogP contribution in [0.15, 0.2) is 0 Å². The van der Waals surface area contributed by atoms with Gasteiger partial charge in [0, 0.05) is 26.7 Å². The zero-order valence-electron chi connectivity index (χ0n) is 26.2. The van der Waals surface area contributed by atoms with Crippen LogP contribution < -0.4 is 43.5 Å². The van der Waals surface area contributed by atoms with Crippen molar-refractivity contribution < 1.29 is 74.4 Å². The average molecular weight is 681 g/mol. The summed E-state index contributed by atoms with van der Waals surface area (Å²) in [5.41, 5.74) is 14.5. The highest BCUT2D eigenvalue weighted by Crippen LogP contribution is 2.24. The van der Waals surface area contributed by atoms with Crippen LogP contribution in [0.5, 0.6) is 0 Å². The lowest BCUT2D eigenvalue weighted by molar-refractivity contribution is -0.463. The number of aliphatic hydroxyl groups is 5. The van der Waals surface area contributed by atoms with Gasteiger partial charge in [0.2, 0.25) is 17.7 Å². The highest BCUT2D eigenvalue weighted by Gasteiger charge is 2.49. The van der Waals surface area contributed by atoms with E-state index in [0.717, 1.165) is 13.8 Å². The zero-order valence-corrected chi connectivity index (χ0v) is 26.2. The lowest BCUT2D eigenvalue weighted by Crippen LogP contribution is -2.78. The van der Waals surface area contributed by atoms with E-state index in [1.165, 1.54) is 0 Å². The summed E-state index contributed by atoms with van der Waals surface area (Å²) in [6.07, 6.45) is -12.0. The Hall–Kier alpha value is -3.70. The molecule has 2 aliphatic heterocycles. The van der Waals surface area contributed by atoms with Gasteiger partial charge in [-0.1, -0.05) is 0 Å². The van der Waals surface area contributed by atoms with Crippen molar-refractivity contribution in [2.24, 2.45) is 11.5 Å². The molecule has 11 atom stereocenters. The number of nitrogens with one attached hydrogen (secondary N) is 5. The number of quaternary nitrogens is 1. The number of rotatable bonds is 15. The summed E-state index contributed by atoms with van der Waals surface area (Å²) in [5, 5.41) is 60.7. The van der Waals surface area contributed by atoms with Crippen LogP contribution in [-0.2, 0) is 38.2 Å². The smallest absolute Gasteiger partial charge is 0.338 e. The Balaban J connectivity index is 2.03. The Bertz CT molecular complexity index is 1130. The molecule has 0 aromatic heterocycles. The Kier molecular flexibility index (Phi) is 15.6. The number of hydrogen-bond donors (Lipinski definition) is 13. The van der Waals surface area contributed by atoms with E-state index < -0.39 is 123 Å². The van der Waals surface area contributed by atoms with Gasteiger partial charge in [0.25, 0.3) is 5.91 Å². The predicted octanol–water partition coefficient (Wildman–Crippen LogP) is -9.82. The molecule has 21 heteroatoms. The molecule has 47 heavy (non-hydrogen) atoms. The van der Waals surface area contributed by atoms with Crippen molar-refractivity contribution >= 4 is 35.6 Å². The standard InChI is InChI=1S/C26H46N8O13/c1-10(37)31-17-20(42)19(41)13(8-35)45-24(17)33-15(39)5-6-16(40)47-22-14(9-36)46-25(18(21(22)43)32-11(2)38)34-23(44)12(27)4-3-7-30-26(28)29/h12-14,17-22,24-25,35-36,41-43H,3-9,27H2,1-2H3,(H,31,37)(H,32,38)(H,33,39)(H,34,44)(H4,28,29,30)/p+2/t12-,13+,14+,17+,18+,19+,20+,21+,22+,24+,25+/m0/s1. The summed E-state index contributed by atoms with van der Waals surface area (Å²) in [4.78, 5) is 64.4. The Morgan fingerprint density at radius 2 is 1.38 bits per heavy atom. The third kappa shape index (κ3) is 11.8. The average Bonchev–Trinajstić information content (AvgIpc) is 3.00. The third-order valence-electron chi connectivity index (χ3n) is 7.41. The van der Waals surface area contributed by atoms with Gasteiger partial charge in [0.15, 0.2) is 24.6 Å². The summed E-state index contributed by atoms with van der Waals surface area (Å²) in [6.45, 7) is 1.20. The molecule has 2 rings (SSSR count). The molecule has 2 fully saturated rings. The fraction of sp³-hybridized carbons (Fsp3) is 0.769. The SMILES string of the molecule is CC(=O)N[C@@H]1[C@@H](O)[C@H](OC(=O)CCC(=O)N[C@@H]2O[C@H](CO)[C@@H](O)[C@H](O)[C@H]2NC(C)=O)[C@@H](CO)O[C@H]1NC(=O)[C@@H]([NH3+])CCC[NH+]=C(N)N. The lowest BCUT2D eigenvalue weighted by Gasteiger charge is -2.44. The second-order valence-electron chi connectivity index (χ2n) is 11.2. The first-order chi connectivity index (χ1) is 22.1. The minimum Gasteiger partial charge on any atom is -0.457 e. The summed E-state index contributed by atoms with van der Waals surface area (Å²) < 4.78 is 16.5. The van der Waals surface area contributed by atoms with Crippen molar-refractivity contribution in [3.63, 3.8) is 0 Å². The van der Waals surface area contributed by atoms with Gasteiger partial charge in [-0.3, -0.25) is 40.4 Å². The summed E-state index contributed by atoms with van der Waals surface area (Å²) in [7, 11) is 0. The van der Waals surface area contributed by atoms with E-state index in [9.17, 15) is 49.5 Å². The number of ether oxygens (including phenoxy) is 3. The maximum absolute atomic E-state index is 12.8. The van der Waals surface area contributed by atoms with E-state index >= 15 is 0 Å². The highest BCUT2D eigenvalue weighted by molar-refractivity contribution is 5.82. The van der Waals surface area contributed by atoms with Gasteiger partial charge >= 0.3 is 11.9 Å². The fourth-order valence-electron chi connectivity index (χ4n) is 5.03. The van der Waals surface area contributed by atoms with Crippen LogP contribution in [0.3, 0.4) is 0 Å². The Labute approximate surface area is 269 Å². The molecule has 2 aliphatic rings. The van der Waals surface area contributed by atoms with Crippen LogP contribution in [0.25, 0.3) is 0 Å². The zero-order chi connectivity index (χ0) is 35.4. The maximum atomic E-state index is 12.8. The molecule has 2 saturated heterocycles. The van der Waals surface area contributed by atoms with E-state index in [-0.39, 0.29) is 5.96 Å². The number of carbonyl (C=O) groups is 5. The van der Waals surface area contributed by atoms with Crippen LogP contribution in [0.4, 0.5) is 0 Å². The Morgan fingerprint density at radius 3 is 1.94 bits per heavy atom. The lowest BCUT2D eigenvalue weighted by atomic mass is 9.95. The van der Waals surface area contributed by atoms with Crippen molar-refractivity contribution in [2.45, 2.75) is 107 Å². The molecule has 0 radical (unpaired) electrons. The van der Waals surface area contributed by atoms with Crippen LogP contribution in [0.1, 0.15) is 39.5 Å². The molecule has 0 aliphatic carbocycles. The first-order valence-electron chi connectivity index (χ1n) is 14.9. The molecule has 4 amide bonds. The summed E-state index contributed by atoms with van der Waals surface area (Å²) in [5.74, 6) is -3.59. The van der Waals surface area contributed by atoms with Gasteiger partial charge in [-0.05, 0) is 6.42 Å². The second kappa shape index (κ2) is 18.6. The van der Waals surface area contributed by atoms with Gasteiger partial charge in [0.05, 0.1) is 26.2 Å². The molecule has 21 nitrogen and oxygen atoms in total. The van der Waals surface area contributed by atoms with Gasteiger partial charge < -0.3 is 66.7 Å². The molecule has 0 spiro atoms. The van der Waals surface area contributed by atoms with Crippen molar-refractivity contribution in [2.75, 3.05) is 19.8 Å². The number of hydrogen-bond acceptors (Lipinski definition) is 13. The van der Waals surface area contributed by atoms with E-state index in [1.54, 1.807) is 0 Å². The molecule has 2 heterocycles. The minimum atomic E-state index is -1.68. The van der Waals surface area contributed by atoms with Crippen LogP contribution in [-0.4, -0.2) is 148 Å². The van der Waals surface area contributed by atoms with Crippen LogP contribution in [0.2, 0.25) is 0 Å². The van der Waals surface area contributed by atoms with Crippen molar-refractivity contribution in [1.82, 2.24) is 21.3 Å². The Morgan fingerprint density at radius 1 is 0.830 bits per heavy atom. The molecule has 0 aromatic rings.